The van der Waals surface area contributed by atoms with Crippen LogP contribution in [0.5, 0.6) is 0 Å². The minimum Gasteiger partial charge on any atom is -0.329 e. The van der Waals surface area contributed by atoms with E-state index in [1.807, 2.05) is 28.8 Å². The largest absolute Gasteiger partial charge is 0.329 e. The van der Waals surface area contributed by atoms with Gasteiger partial charge >= 0.3 is 0 Å². The second kappa shape index (κ2) is 4.55. The molecular weight excluding hydrogens is 256 g/mol. The summed E-state index contributed by atoms with van der Waals surface area (Å²) >= 11 is 3.40. The van der Waals surface area contributed by atoms with Gasteiger partial charge in [0.05, 0.1) is 0 Å². The van der Waals surface area contributed by atoms with Crippen LogP contribution in [0.4, 0.5) is 0 Å². The Labute approximate surface area is 96.3 Å². The standard InChI is InChI=1S/C10H11BrN4/c11-9-3-1-8(2-4-9)10-14-13-7-15(10)6-5-12/h1-4,7H,5-6,12H2. The molecule has 0 amide bonds. The molecule has 2 rings (SSSR count). The molecule has 2 N–H and O–H groups in total. The van der Waals surface area contributed by atoms with E-state index in [1.54, 1.807) is 6.33 Å². The molecule has 15 heavy (non-hydrogen) atoms. The van der Waals surface area contributed by atoms with Crippen LogP contribution in [0.15, 0.2) is 35.1 Å². The number of nitrogens with two attached hydrogens (primary N) is 1. The quantitative estimate of drug-likeness (QED) is 0.920. The summed E-state index contributed by atoms with van der Waals surface area (Å²) in [4.78, 5) is 0. The fraction of sp³-hybridized carbons (Fsp3) is 0.200. The molecule has 1 heterocycles. The average Bonchev–Trinajstić information content (AvgIpc) is 2.68. The highest BCUT2D eigenvalue weighted by atomic mass is 79.9. The maximum atomic E-state index is 5.51. The van der Waals surface area contributed by atoms with Crippen molar-refractivity contribution in [1.82, 2.24) is 14.8 Å². The normalized spacial score (nSPS) is 10.5. The van der Waals surface area contributed by atoms with E-state index in [2.05, 4.69) is 26.1 Å². The number of nitrogens with zero attached hydrogens (tertiary/aromatic N) is 3. The summed E-state index contributed by atoms with van der Waals surface area (Å²) in [6, 6.07) is 7.97. The summed E-state index contributed by atoms with van der Waals surface area (Å²) in [5.41, 5.74) is 6.55. The van der Waals surface area contributed by atoms with Crippen LogP contribution in [0.1, 0.15) is 0 Å². The van der Waals surface area contributed by atoms with Crippen LogP contribution in [0.2, 0.25) is 0 Å². The Balaban J connectivity index is 2.36. The topological polar surface area (TPSA) is 56.7 Å². The minimum atomic E-state index is 0.585. The molecule has 0 bridgehead atoms. The molecule has 0 aliphatic heterocycles. The summed E-state index contributed by atoms with van der Waals surface area (Å²) in [6.07, 6.45) is 1.70. The number of aromatic nitrogens is 3. The van der Waals surface area contributed by atoms with Crippen LogP contribution in [0.3, 0.4) is 0 Å². The van der Waals surface area contributed by atoms with Gasteiger partial charge in [0.1, 0.15) is 6.33 Å². The molecule has 78 valence electrons. The molecule has 0 spiro atoms. The van der Waals surface area contributed by atoms with E-state index >= 15 is 0 Å². The zero-order chi connectivity index (χ0) is 10.7. The molecule has 0 saturated heterocycles. The van der Waals surface area contributed by atoms with E-state index in [4.69, 9.17) is 5.73 Å². The van der Waals surface area contributed by atoms with Crippen LogP contribution >= 0.6 is 15.9 Å². The van der Waals surface area contributed by atoms with Crippen molar-refractivity contribution in [1.29, 1.82) is 0 Å². The monoisotopic (exact) mass is 266 g/mol. The van der Waals surface area contributed by atoms with E-state index in [0.29, 0.717) is 6.54 Å². The van der Waals surface area contributed by atoms with Gasteiger partial charge in [-0.15, -0.1) is 10.2 Å². The minimum absolute atomic E-state index is 0.585. The Kier molecular flexibility index (Phi) is 3.13. The number of hydrogen-bond donors (Lipinski definition) is 1. The summed E-state index contributed by atoms with van der Waals surface area (Å²) in [5.74, 6) is 0.855. The lowest BCUT2D eigenvalue weighted by Crippen LogP contribution is -2.10. The fourth-order valence-electron chi connectivity index (χ4n) is 1.38. The van der Waals surface area contributed by atoms with Crippen molar-refractivity contribution in [3.63, 3.8) is 0 Å². The van der Waals surface area contributed by atoms with Gasteiger partial charge in [0.15, 0.2) is 5.82 Å². The maximum absolute atomic E-state index is 5.51. The van der Waals surface area contributed by atoms with Gasteiger partial charge in [-0.3, -0.25) is 0 Å². The molecule has 0 atom stereocenters. The lowest BCUT2D eigenvalue weighted by molar-refractivity contribution is 0.712. The second-order valence-electron chi connectivity index (χ2n) is 3.14. The smallest absolute Gasteiger partial charge is 0.163 e. The Morgan fingerprint density at radius 3 is 2.67 bits per heavy atom. The predicted molar refractivity (Wildman–Crippen MR) is 62.2 cm³/mol. The summed E-state index contributed by atoms with van der Waals surface area (Å²) in [7, 11) is 0. The van der Waals surface area contributed by atoms with E-state index in [0.717, 1.165) is 22.4 Å². The van der Waals surface area contributed by atoms with E-state index in [9.17, 15) is 0 Å². The first kappa shape index (κ1) is 10.3. The highest BCUT2D eigenvalue weighted by molar-refractivity contribution is 9.10. The molecule has 1 aromatic carbocycles. The first-order valence-electron chi connectivity index (χ1n) is 4.65. The molecule has 2 aromatic rings. The van der Waals surface area contributed by atoms with Crippen LogP contribution in [0.25, 0.3) is 11.4 Å². The number of rotatable bonds is 3. The Morgan fingerprint density at radius 1 is 1.27 bits per heavy atom. The van der Waals surface area contributed by atoms with Gasteiger partial charge in [0.2, 0.25) is 0 Å². The number of hydrogen-bond acceptors (Lipinski definition) is 3. The average molecular weight is 267 g/mol. The van der Waals surface area contributed by atoms with E-state index in [-0.39, 0.29) is 0 Å². The van der Waals surface area contributed by atoms with E-state index in [1.165, 1.54) is 0 Å². The molecule has 0 fully saturated rings. The van der Waals surface area contributed by atoms with Gasteiger partial charge in [-0.05, 0) is 12.1 Å². The Hall–Kier alpha value is -1.20. The highest BCUT2D eigenvalue weighted by Gasteiger charge is 2.05. The Morgan fingerprint density at radius 2 is 2.00 bits per heavy atom. The predicted octanol–water partition coefficient (Wildman–Crippen LogP) is 1.67. The first-order chi connectivity index (χ1) is 7.31. The summed E-state index contributed by atoms with van der Waals surface area (Å²) in [6.45, 7) is 1.32. The van der Waals surface area contributed by atoms with Gasteiger partial charge in [-0.25, -0.2) is 0 Å². The molecule has 0 saturated carbocycles. The molecule has 5 heteroatoms. The molecule has 0 aliphatic carbocycles. The van der Waals surface area contributed by atoms with Crippen molar-refractivity contribution >= 4 is 15.9 Å². The number of benzene rings is 1. The van der Waals surface area contributed by atoms with Gasteiger partial charge in [0, 0.05) is 23.1 Å². The first-order valence-corrected chi connectivity index (χ1v) is 5.44. The second-order valence-corrected chi connectivity index (χ2v) is 4.06. The van der Waals surface area contributed by atoms with Crippen LogP contribution in [-0.2, 0) is 6.54 Å². The van der Waals surface area contributed by atoms with E-state index < -0.39 is 0 Å². The van der Waals surface area contributed by atoms with Crippen LogP contribution in [0, 0.1) is 0 Å². The summed E-state index contributed by atoms with van der Waals surface area (Å²) in [5, 5.41) is 7.96. The van der Waals surface area contributed by atoms with Crippen molar-refractivity contribution < 1.29 is 0 Å². The molecule has 1 aromatic heterocycles. The van der Waals surface area contributed by atoms with Crippen molar-refractivity contribution in [2.24, 2.45) is 5.73 Å². The third kappa shape index (κ3) is 2.24. The lowest BCUT2D eigenvalue weighted by Gasteiger charge is -2.04. The van der Waals surface area contributed by atoms with Gasteiger partial charge in [-0.2, -0.15) is 0 Å². The van der Waals surface area contributed by atoms with Crippen LogP contribution in [-0.4, -0.2) is 21.3 Å². The van der Waals surface area contributed by atoms with Crippen molar-refractivity contribution in [3.05, 3.63) is 35.1 Å². The third-order valence-corrected chi connectivity index (χ3v) is 2.62. The summed E-state index contributed by atoms with van der Waals surface area (Å²) < 4.78 is 3.00. The zero-order valence-corrected chi connectivity index (χ0v) is 9.68. The molecule has 0 aliphatic rings. The van der Waals surface area contributed by atoms with Gasteiger partial charge in [0.25, 0.3) is 0 Å². The SMILES string of the molecule is NCCn1cnnc1-c1ccc(Br)cc1. The van der Waals surface area contributed by atoms with Gasteiger partial charge < -0.3 is 10.3 Å². The van der Waals surface area contributed by atoms with Crippen molar-refractivity contribution in [2.45, 2.75) is 6.54 Å². The number of halogens is 1. The van der Waals surface area contributed by atoms with Crippen molar-refractivity contribution in [2.75, 3.05) is 6.54 Å². The molecule has 4 nitrogen and oxygen atoms in total. The van der Waals surface area contributed by atoms with Gasteiger partial charge in [-0.1, -0.05) is 28.1 Å². The Bertz CT molecular complexity index is 435. The molecule has 0 radical (unpaired) electrons. The van der Waals surface area contributed by atoms with Crippen LogP contribution < -0.4 is 5.73 Å². The zero-order valence-electron chi connectivity index (χ0n) is 8.10. The molecule has 0 unspecified atom stereocenters. The third-order valence-electron chi connectivity index (χ3n) is 2.09. The lowest BCUT2D eigenvalue weighted by atomic mass is 10.2. The van der Waals surface area contributed by atoms with Crippen molar-refractivity contribution in [3.8, 4) is 11.4 Å². The highest BCUT2D eigenvalue weighted by Crippen LogP contribution is 2.19. The maximum Gasteiger partial charge on any atom is 0.163 e. The fourth-order valence-corrected chi connectivity index (χ4v) is 1.64. The molecular formula is C10H11BrN4.